The Morgan fingerprint density at radius 3 is 3.00 bits per heavy atom. The average Bonchev–Trinajstić information content (AvgIpc) is 3.04. The third-order valence-electron chi connectivity index (χ3n) is 3.75. The van der Waals surface area contributed by atoms with Gasteiger partial charge < -0.3 is 10.2 Å². The van der Waals surface area contributed by atoms with Crippen LogP contribution in [0.25, 0.3) is 10.1 Å². The molecule has 1 saturated heterocycles. The number of nitrogens with one attached hydrogen (secondary N) is 1. The molecule has 108 valence electrons. The summed E-state index contributed by atoms with van der Waals surface area (Å²) in [7, 11) is 0. The molecule has 1 aromatic carbocycles. The minimum atomic E-state index is 0.122. The fourth-order valence-corrected chi connectivity index (χ4v) is 3.75. The van der Waals surface area contributed by atoms with Gasteiger partial charge in [0.1, 0.15) is 10.9 Å². The number of fused-ring (bicyclic) bond motifs is 1. The molecule has 3 rings (SSSR count). The van der Waals surface area contributed by atoms with Crippen molar-refractivity contribution < 1.29 is 4.79 Å². The van der Waals surface area contributed by atoms with Crippen LogP contribution in [0.1, 0.15) is 24.6 Å². The van der Waals surface area contributed by atoms with Crippen LogP contribution in [0.15, 0.2) is 24.3 Å². The zero-order valence-electron chi connectivity index (χ0n) is 11.9. The Balaban J connectivity index is 1.81. The maximum absolute atomic E-state index is 11.7. The van der Waals surface area contributed by atoms with Crippen LogP contribution >= 0.6 is 11.3 Å². The van der Waals surface area contributed by atoms with Crippen LogP contribution in [-0.2, 0) is 4.79 Å². The minimum Gasteiger partial charge on any atom is -0.379 e. The van der Waals surface area contributed by atoms with Crippen LogP contribution in [0.5, 0.6) is 0 Å². The van der Waals surface area contributed by atoms with Crippen molar-refractivity contribution in [3.63, 3.8) is 0 Å². The molecule has 0 bridgehead atoms. The molecule has 1 fully saturated rings. The van der Waals surface area contributed by atoms with E-state index in [9.17, 15) is 10.1 Å². The summed E-state index contributed by atoms with van der Waals surface area (Å²) >= 11 is 1.51. The summed E-state index contributed by atoms with van der Waals surface area (Å²) in [4.78, 5) is 14.3. The van der Waals surface area contributed by atoms with E-state index in [1.54, 1.807) is 0 Å². The van der Waals surface area contributed by atoms with Crippen LogP contribution in [0.2, 0.25) is 0 Å². The van der Waals surface area contributed by atoms with Crippen LogP contribution in [0.4, 0.5) is 5.69 Å². The maximum Gasteiger partial charge on any atom is 0.222 e. The number of rotatable bonds is 4. The van der Waals surface area contributed by atoms with Gasteiger partial charge in [0, 0.05) is 35.6 Å². The predicted molar refractivity (Wildman–Crippen MR) is 85.4 cm³/mol. The van der Waals surface area contributed by atoms with Gasteiger partial charge in [-0.1, -0.05) is 18.2 Å². The van der Waals surface area contributed by atoms with Gasteiger partial charge in [0.05, 0.1) is 5.69 Å². The quantitative estimate of drug-likeness (QED) is 0.943. The molecule has 1 atom stereocenters. The van der Waals surface area contributed by atoms with Crippen LogP contribution in [0.3, 0.4) is 0 Å². The molecule has 1 aliphatic heterocycles. The van der Waals surface area contributed by atoms with Crippen molar-refractivity contribution in [1.29, 1.82) is 5.26 Å². The largest absolute Gasteiger partial charge is 0.379 e. The average molecular weight is 299 g/mol. The van der Waals surface area contributed by atoms with Crippen molar-refractivity contribution in [3.05, 3.63) is 29.1 Å². The lowest BCUT2D eigenvalue weighted by atomic mass is 10.2. The first-order valence-corrected chi connectivity index (χ1v) is 7.96. The molecule has 21 heavy (non-hydrogen) atoms. The lowest BCUT2D eigenvalue weighted by Gasteiger charge is -2.22. The second kappa shape index (κ2) is 5.74. The summed E-state index contributed by atoms with van der Waals surface area (Å²) < 4.78 is 1.11. The highest BCUT2D eigenvalue weighted by molar-refractivity contribution is 7.20. The molecule has 1 N–H and O–H groups in total. The summed E-state index contributed by atoms with van der Waals surface area (Å²) in [5.74, 6) is 0.235. The normalized spacial score (nSPS) is 16.2. The Labute approximate surface area is 128 Å². The van der Waals surface area contributed by atoms with E-state index >= 15 is 0 Å². The first-order chi connectivity index (χ1) is 10.2. The van der Waals surface area contributed by atoms with Crippen molar-refractivity contribution in [2.45, 2.75) is 25.8 Å². The first kappa shape index (κ1) is 13.9. The number of thiophene rings is 1. The molecule has 2 heterocycles. The molecule has 1 amide bonds. The molecule has 2 aromatic rings. The number of amides is 1. The minimum absolute atomic E-state index is 0.122. The Bertz CT molecular complexity index is 716. The number of hydrogen-bond acceptors (Lipinski definition) is 4. The van der Waals surface area contributed by atoms with E-state index in [4.69, 9.17) is 0 Å². The third kappa shape index (κ3) is 2.72. The van der Waals surface area contributed by atoms with Gasteiger partial charge in [0.15, 0.2) is 0 Å². The molecule has 1 aromatic heterocycles. The summed E-state index contributed by atoms with van der Waals surface area (Å²) in [5, 5.41) is 13.8. The monoisotopic (exact) mass is 299 g/mol. The molecule has 1 unspecified atom stereocenters. The molecular formula is C16H17N3OS. The van der Waals surface area contributed by atoms with Crippen molar-refractivity contribution in [1.82, 2.24) is 4.90 Å². The van der Waals surface area contributed by atoms with Crippen LogP contribution in [0, 0.1) is 11.3 Å². The second-order valence-electron chi connectivity index (χ2n) is 5.40. The van der Waals surface area contributed by atoms with Gasteiger partial charge in [-0.2, -0.15) is 5.26 Å². The highest BCUT2D eigenvalue weighted by atomic mass is 32.1. The number of carbonyl (C=O) groups is 1. The molecule has 0 saturated carbocycles. The van der Waals surface area contributed by atoms with E-state index in [1.807, 2.05) is 29.2 Å². The maximum atomic E-state index is 11.7. The SMILES string of the molecule is CC(CN1CCCC1=O)Nc1c(C#N)sc2ccccc12. The van der Waals surface area contributed by atoms with Crippen molar-refractivity contribution in [2.75, 3.05) is 18.4 Å². The zero-order valence-corrected chi connectivity index (χ0v) is 12.7. The molecule has 1 aliphatic rings. The standard InChI is InChI=1S/C16H17N3OS/c1-11(10-19-8-4-7-15(19)20)18-16-12-5-2-3-6-13(12)21-14(16)9-17/h2-3,5-6,11,18H,4,7-8,10H2,1H3. The fraction of sp³-hybridized carbons (Fsp3) is 0.375. The fourth-order valence-electron chi connectivity index (χ4n) is 2.79. The van der Waals surface area contributed by atoms with E-state index in [1.165, 1.54) is 11.3 Å². The molecule has 0 aliphatic carbocycles. The predicted octanol–water partition coefficient (Wildman–Crippen LogP) is 3.20. The van der Waals surface area contributed by atoms with Crippen molar-refractivity contribution in [3.8, 4) is 6.07 Å². The first-order valence-electron chi connectivity index (χ1n) is 7.15. The topological polar surface area (TPSA) is 56.1 Å². The number of carbonyl (C=O) groups excluding carboxylic acids is 1. The molecular weight excluding hydrogens is 282 g/mol. The number of likely N-dealkylation sites (tertiary alicyclic amines) is 1. The highest BCUT2D eigenvalue weighted by Gasteiger charge is 2.22. The van der Waals surface area contributed by atoms with Crippen molar-refractivity contribution in [2.24, 2.45) is 0 Å². The number of nitriles is 1. The number of benzene rings is 1. The number of nitrogens with zero attached hydrogens (tertiary/aromatic N) is 2. The molecule has 4 nitrogen and oxygen atoms in total. The van der Waals surface area contributed by atoms with Gasteiger partial charge in [-0.05, 0) is 19.4 Å². The molecule has 5 heteroatoms. The van der Waals surface area contributed by atoms with Gasteiger partial charge in [0.2, 0.25) is 5.91 Å². The Kier molecular flexibility index (Phi) is 3.80. The van der Waals surface area contributed by atoms with E-state index in [2.05, 4.69) is 18.3 Å². The van der Waals surface area contributed by atoms with Gasteiger partial charge in [0.25, 0.3) is 0 Å². The van der Waals surface area contributed by atoms with E-state index in [0.717, 1.165) is 28.7 Å². The van der Waals surface area contributed by atoms with Gasteiger partial charge in [-0.15, -0.1) is 11.3 Å². The van der Waals surface area contributed by atoms with E-state index in [-0.39, 0.29) is 11.9 Å². The summed E-state index contributed by atoms with van der Waals surface area (Å²) in [6.45, 7) is 3.59. The van der Waals surface area contributed by atoms with E-state index < -0.39 is 0 Å². The van der Waals surface area contributed by atoms with Gasteiger partial charge in [-0.25, -0.2) is 0 Å². The Hall–Kier alpha value is -2.06. The molecule has 0 spiro atoms. The van der Waals surface area contributed by atoms with Gasteiger partial charge in [-0.3, -0.25) is 4.79 Å². The number of anilines is 1. The summed E-state index contributed by atoms with van der Waals surface area (Å²) in [5.41, 5.74) is 0.900. The Morgan fingerprint density at radius 1 is 1.48 bits per heavy atom. The van der Waals surface area contributed by atoms with Crippen molar-refractivity contribution >= 4 is 33.0 Å². The smallest absolute Gasteiger partial charge is 0.222 e. The zero-order chi connectivity index (χ0) is 14.8. The van der Waals surface area contributed by atoms with E-state index in [0.29, 0.717) is 17.8 Å². The Morgan fingerprint density at radius 2 is 2.29 bits per heavy atom. The van der Waals surface area contributed by atoms with Crippen LogP contribution in [-0.4, -0.2) is 29.9 Å². The third-order valence-corrected chi connectivity index (χ3v) is 4.83. The summed E-state index contributed by atoms with van der Waals surface area (Å²) in [6.07, 6.45) is 1.62. The summed E-state index contributed by atoms with van der Waals surface area (Å²) in [6, 6.07) is 10.4. The number of hydrogen-bond donors (Lipinski definition) is 1. The molecule has 0 radical (unpaired) electrons. The van der Waals surface area contributed by atoms with Gasteiger partial charge >= 0.3 is 0 Å². The second-order valence-corrected chi connectivity index (χ2v) is 6.46. The lowest BCUT2D eigenvalue weighted by Crippen LogP contribution is -2.35. The van der Waals surface area contributed by atoms with Crippen LogP contribution < -0.4 is 5.32 Å². The highest BCUT2D eigenvalue weighted by Crippen LogP contribution is 2.35. The lowest BCUT2D eigenvalue weighted by molar-refractivity contribution is -0.127.